The van der Waals surface area contributed by atoms with Gasteiger partial charge in [0.25, 0.3) is 5.91 Å². The van der Waals surface area contributed by atoms with Gasteiger partial charge in [-0.1, -0.05) is 18.2 Å². The quantitative estimate of drug-likeness (QED) is 0.591. The van der Waals surface area contributed by atoms with Gasteiger partial charge in [0.15, 0.2) is 5.76 Å². The Balaban J connectivity index is 1.31. The first-order valence-corrected chi connectivity index (χ1v) is 11.2. The standard InChI is InChI=1S/C24H26N4O5/c1-2-31-24(30)27-11-9-26(10-12-27)16-23(29)28-19(21-8-5-13-32-21)15-18(25-28)22-14-17-6-3-4-7-20(17)33-22/h3-8,13-14,19H,2,9-12,15-16H2,1H3. The molecule has 0 spiro atoms. The maximum atomic E-state index is 13.3. The van der Waals surface area contributed by atoms with E-state index in [-0.39, 0.29) is 24.6 Å². The minimum absolute atomic E-state index is 0.118. The van der Waals surface area contributed by atoms with Crippen molar-refractivity contribution >= 4 is 28.7 Å². The number of hydrogen-bond donors (Lipinski definition) is 0. The number of piperazine rings is 1. The van der Waals surface area contributed by atoms with Gasteiger partial charge >= 0.3 is 6.09 Å². The molecule has 0 radical (unpaired) electrons. The number of carbonyl (C=O) groups is 2. The zero-order chi connectivity index (χ0) is 22.8. The number of carbonyl (C=O) groups excluding carboxylic acids is 2. The number of nitrogens with zero attached hydrogens (tertiary/aromatic N) is 4. The fourth-order valence-corrected chi connectivity index (χ4v) is 4.28. The molecule has 2 aliphatic heterocycles. The van der Waals surface area contributed by atoms with E-state index in [1.165, 1.54) is 5.01 Å². The van der Waals surface area contributed by atoms with Gasteiger partial charge in [-0.05, 0) is 31.2 Å². The monoisotopic (exact) mass is 450 g/mol. The van der Waals surface area contributed by atoms with Crippen LogP contribution in [-0.4, -0.2) is 71.9 Å². The van der Waals surface area contributed by atoms with Crippen molar-refractivity contribution in [2.75, 3.05) is 39.3 Å². The van der Waals surface area contributed by atoms with Crippen LogP contribution in [0.1, 0.15) is 30.9 Å². The van der Waals surface area contributed by atoms with Crippen LogP contribution in [0.4, 0.5) is 4.79 Å². The highest BCUT2D eigenvalue weighted by atomic mass is 16.6. The van der Waals surface area contributed by atoms with E-state index in [9.17, 15) is 9.59 Å². The van der Waals surface area contributed by atoms with Crippen molar-refractivity contribution in [2.24, 2.45) is 5.10 Å². The third kappa shape index (κ3) is 4.36. The maximum absolute atomic E-state index is 13.3. The molecule has 9 nitrogen and oxygen atoms in total. The third-order valence-electron chi connectivity index (χ3n) is 6.00. The molecule has 4 heterocycles. The van der Waals surface area contributed by atoms with Gasteiger partial charge in [0.05, 0.1) is 19.4 Å². The number of para-hydroxylation sites is 1. The second-order valence-corrected chi connectivity index (χ2v) is 8.13. The summed E-state index contributed by atoms with van der Waals surface area (Å²) < 4.78 is 16.7. The molecule has 3 aromatic rings. The molecule has 1 atom stereocenters. The molecular weight excluding hydrogens is 424 g/mol. The van der Waals surface area contributed by atoms with Crippen LogP contribution in [0.15, 0.2) is 62.7 Å². The molecule has 9 heteroatoms. The predicted molar refractivity (Wildman–Crippen MR) is 121 cm³/mol. The summed E-state index contributed by atoms with van der Waals surface area (Å²) in [6.45, 7) is 4.62. The topological polar surface area (TPSA) is 91.7 Å². The van der Waals surface area contributed by atoms with Crippen LogP contribution in [0.5, 0.6) is 0 Å². The summed E-state index contributed by atoms with van der Waals surface area (Å²) in [6.07, 6.45) is 1.81. The highest BCUT2D eigenvalue weighted by Crippen LogP contribution is 2.34. The Labute approximate surface area is 191 Å². The van der Waals surface area contributed by atoms with Crippen molar-refractivity contribution in [3.8, 4) is 0 Å². The average Bonchev–Trinajstić information content (AvgIpc) is 3.58. The molecule has 0 saturated carbocycles. The predicted octanol–water partition coefficient (Wildman–Crippen LogP) is 3.48. The number of amides is 2. The number of ether oxygens (including phenoxy) is 1. The van der Waals surface area contributed by atoms with Crippen LogP contribution in [0.25, 0.3) is 11.0 Å². The summed E-state index contributed by atoms with van der Waals surface area (Å²) >= 11 is 0. The molecule has 33 heavy (non-hydrogen) atoms. The summed E-state index contributed by atoms with van der Waals surface area (Å²) in [4.78, 5) is 28.9. The lowest BCUT2D eigenvalue weighted by Crippen LogP contribution is -2.51. The number of hydrogen-bond acceptors (Lipinski definition) is 7. The van der Waals surface area contributed by atoms with E-state index in [4.69, 9.17) is 13.6 Å². The molecule has 2 aliphatic rings. The van der Waals surface area contributed by atoms with Crippen LogP contribution in [0, 0.1) is 0 Å². The van der Waals surface area contributed by atoms with Gasteiger partial charge in [-0.3, -0.25) is 9.69 Å². The third-order valence-corrected chi connectivity index (χ3v) is 6.00. The van der Waals surface area contributed by atoms with E-state index in [1.54, 1.807) is 18.1 Å². The molecule has 0 aliphatic carbocycles. The lowest BCUT2D eigenvalue weighted by Gasteiger charge is -2.34. The number of rotatable bonds is 5. The molecule has 0 bridgehead atoms. The summed E-state index contributed by atoms with van der Waals surface area (Å²) in [6, 6.07) is 13.1. The summed E-state index contributed by atoms with van der Waals surface area (Å²) in [5, 5.41) is 7.17. The van der Waals surface area contributed by atoms with Gasteiger partial charge in [-0.15, -0.1) is 0 Å². The van der Waals surface area contributed by atoms with Crippen molar-refractivity contribution in [3.05, 3.63) is 60.2 Å². The highest BCUT2D eigenvalue weighted by Gasteiger charge is 2.37. The van der Waals surface area contributed by atoms with E-state index in [1.807, 2.05) is 47.4 Å². The number of furan rings is 2. The average molecular weight is 450 g/mol. The lowest BCUT2D eigenvalue weighted by molar-refractivity contribution is -0.135. The summed E-state index contributed by atoms with van der Waals surface area (Å²) in [5.74, 6) is 1.23. The Kier molecular flexibility index (Phi) is 5.87. The van der Waals surface area contributed by atoms with E-state index in [0.717, 1.165) is 11.0 Å². The largest absolute Gasteiger partial charge is 0.467 e. The van der Waals surface area contributed by atoms with Crippen LogP contribution in [0.2, 0.25) is 0 Å². The van der Waals surface area contributed by atoms with Gasteiger partial charge in [0.1, 0.15) is 23.1 Å². The van der Waals surface area contributed by atoms with E-state index < -0.39 is 0 Å². The first-order valence-electron chi connectivity index (χ1n) is 11.2. The van der Waals surface area contributed by atoms with E-state index in [2.05, 4.69) is 5.10 Å². The highest BCUT2D eigenvalue weighted by molar-refractivity contribution is 6.03. The van der Waals surface area contributed by atoms with Crippen molar-refractivity contribution in [3.63, 3.8) is 0 Å². The van der Waals surface area contributed by atoms with Gasteiger partial charge in [0.2, 0.25) is 0 Å². The minimum atomic E-state index is -0.323. The van der Waals surface area contributed by atoms with Crippen molar-refractivity contribution in [2.45, 2.75) is 19.4 Å². The molecule has 0 N–H and O–H groups in total. The second kappa shape index (κ2) is 9.11. The summed E-state index contributed by atoms with van der Waals surface area (Å²) in [5.41, 5.74) is 1.50. The van der Waals surface area contributed by atoms with Crippen molar-refractivity contribution < 1.29 is 23.2 Å². The van der Waals surface area contributed by atoms with Gasteiger partial charge in [-0.2, -0.15) is 5.10 Å². The fraction of sp³-hybridized carbons (Fsp3) is 0.375. The van der Waals surface area contributed by atoms with Crippen LogP contribution < -0.4 is 0 Å². The summed E-state index contributed by atoms with van der Waals surface area (Å²) in [7, 11) is 0. The van der Waals surface area contributed by atoms with Crippen molar-refractivity contribution in [1.82, 2.24) is 14.8 Å². The van der Waals surface area contributed by atoms with Crippen LogP contribution in [0.3, 0.4) is 0 Å². The molecule has 1 unspecified atom stereocenters. The van der Waals surface area contributed by atoms with Gasteiger partial charge in [-0.25, -0.2) is 9.80 Å². The molecule has 2 aromatic heterocycles. The zero-order valence-corrected chi connectivity index (χ0v) is 18.5. The Morgan fingerprint density at radius 3 is 2.67 bits per heavy atom. The molecule has 172 valence electrons. The number of fused-ring (bicyclic) bond motifs is 1. The van der Waals surface area contributed by atoms with E-state index in [0.29, 0.717) is 56.4 Å². The fourth-order valence-electron chi connectivity index (χ4n) is 4.28. The van der Waals surface area contributed by atoms with E-state index >= 15 is 0 Å². The second-order valence-electron chi connectivity index (χ2n) is 8.13. The minimum Gasteiger partial charge on any atom is -0.467 e. The Morgan fingerprint density at radius 1 is 1.12 bits per heavy atom. The molecule has 1 aromatic carbocycles. The molecule has 5 rings (SSSR count). The molecule has 2 amide bonds. The SMILES string of the molecule is CCOC(=O)N1CCN(CC(=O)N2N=C(c3cc4ccccc4o3)CC2c2ccco2)CC1. The maximum Gasteiger partial charge on any atom is 0.409 e. The molecule has 1 fully saturated rings. The van der Waals surface area contributed by atoms with Gasteiger partial charge < -0.3 is 18.5 Å². The molecular formula is C24H26N4O5. The van der Waals surface area contributed by atoms with Crippen LogP contribution >= 0.6 is 0 Å². The molecule has 1 saturated heterocycles. The number of hydrazone groups is 1. The number of benzene rings is 1. The Morgan fingerprint density at radius 2 is 1.94 bits per heavy atom. The first kappa shape index (κ1) is 21.3. The normalized spacial score (nSPS) is 19.2. The Hall–Kier alpha value is -3.59. The smallest absolute Gasteiger partial charge is 0.409 e. The lowest BCUT2D eigenvalue weighted by atomic mass is 10.1. The van der Waals surface area contributed by atoms with Crippen molar-refractivity contribution in [1.29, 1.82) is 0 Å². The first-order chi connectivity index (χ1) is 16.1. The zero-order valence-electron chi connectivity index (χ0n) is 18.5. The Bertz CT molecular complexity index is 1130. The van der Waals surface area contributed by atoms with Crippen LogP contribution in [-0.2, 0) is 9.53 Å². The van der Waals surface area contributed by atoms with Gasteiger partial charge in [0, 0.05) is 38.0 Å².